The first kappa shape index (κ1) is 20.9. The smallest absolute Gasteiger partial charge is 0.262 e. The molecule has 0 spiro atoms. The van der Waals surface area contributed by atoms with Crippen LogP contribution in [0.15, 0.2) is 41.3 Å². The minimum absolute atomic E-state index is 0.158. The lowest BCUT2D eigenvalue weighted by Gasteiger charge is -2.13. The van der Waals surface area contributed by atoms with Crippen molar-refractivity contribution in [2.75, 3.05) is 18.5 Å². The van der Waals surface area contributed by atoms with Gasteiger partial charge in [0.15, 0.2) is 6.61 Å². The Morgan fingerprint density at radius 1 is 1.04 bits per heavy atom. The molecule has 7 heteroatoms. The number of amides is 1. The second-order valence-corrected chi connectivity index (χ2v) is 8.20. The van der Waals surface area contributed by atoms with Crippen molar-refractivity contribution in [3.8, 4) is 5.75 Å². The highest BCUT2D eigenvalue weighted by atomic mass is 32.2. The van der Waals surface area contributed by atoms with E-state index in [1.165, 1.54) is 12.1 Å². The van der Waals surface area contributed by atoms with E-state index >= 15 is 0 Å². The summed E-state index contributed by atoms with van der Waals surface area (Å²) in [6.45, 7) is 7.73. The van der Waals surface area contributed by atoms with Gasteiger partial charge >= 0.3 is 0 Å². The van der Waals surface area contributed by atoms with E-state index in [0.29, 0.717) is 17.9 Å². The van der Waals surface area contributed by atoms with Crippen LogP contribution in [-0.2, 0) is 14.8 Å². The van der Waals surface area contributed by atoms with Crippen LogP contribution in [0.5, 0.6) is 5.75 Å². The van der Waals surface area contributed by atoms with Crippen LogP contribution in [0.3, 0.4) is 0 Å². The van der Waals surface area contributed by atoms with E-state index < -0.39 is 10.0 Å². The van der Waals surface area contributed by atoms with Gasteiger partial charge in [0.1, 0.15) is 5.75 Å². The average Bonchev–Trinajstić information content (AvgIpc) is 2.62. The average molecular weight is 391 g/mol. The summed E-state index contributed by atoms with van der Waals surface area (Å²) in [6.07, 6.45) is 0.717. The highest BCUT2D eigenvalue weighted by Crippen LogP contribution is 2.22. The van der Waals surface area contributed by atoms with Crippen LogP contribution in [-0.4, -0.2) is 27.5 Å². The van der Waals surface area contributed by atoms with Crippen molar-refractivity contribution in [1.82, 2.24) is 4.72 Å². The van der Waals surface area contributed by atoms with E-state index in [9.17, 15) is 13.2 Å². The van der Waals surface area contributed by atoms with Crippen LogP contribution in [0.1, 0.15) is 30.0 Å². The molecular weight excluding hydrogens is 364 g/mol. The maximum Gasteiger partial charge on any atom is 0.262 e. The minimum Gasteiger partial charge on any atom is -0.483 e. The first-order chi connectivity index (χ1) is 12.7. The Morgan fingerprint density at radius 3 is 2.30 bits per heavy atom. The molecule has 0 saturated carbocycles. The zero-order valence-electron chi connectivity index (χ0n) is 16.1. The molecule has 0 atom stereocenters. The van der Waals surface area contributed by atoms with Crippen molar-refractivity contribution in [1.29, 1.82) is 0 Å². The molecule has 0 bridgehead atoms. The quantitative estimate of drug-likeness (QED) is 0.724. The van der Waals surface area contributed by atoms with Gasteiger partial charge in [0, 0.05) is 12.2 Å². The van der Waals surface area contributed by atoms with Gasteiger partial charge in [0.05, 0.1) is 4.90 Å². The molecule has 0 aliphatic rings. The van der Waals surface area contributed by atoms with Crippen molar-refractivity contribution in [2.45, 2.75) is 39.0 Å². The summed E-state index contributed by atoms with van der Waals surface area (Å²) in [5.41, 5.74) is 3.39. The Kier molecular flexibility index (Phi) is 6.98. The monoisotopic (exact) mass is 390 g/mol. The second kappa shape index (κ2) is 9.01. The third-order valence-corrected chi connectivity index (χ3v) is 5.56. The van der Waals surface area contributed by atoms with Crippen molar-refractivity contribution in [3.05, 3.63) is 53.1 Å². The second-order valence-electron chi connectivity index (χ2n) is 6.43. The van der Waals surface area contributed by atoms with Crippen molar-refractivity contribution in [3.63, 3.8) is 0 Å². The van der Waals surface area contributed by atoms with Crippen molar-refractivity contribution < 1.29 is 17.9 Å². The Labute approximate surface area is 161 Å². The van der Waals surface area contributed by atoms with Crippen LogP contribution in [0.25, 0.3) is 0 Å². The lowest BCUT2D eigenvalue weighted by atomic mass is 10.1. The molecule has 0 saturated heterocycles. The SMILES string of the molecule is CCCNS(=O)(=O)c1ccc(OCC(=O)Nc2c(C)cccc2C)c(C)c1. The molecule has 1 amide bonds. The summed E-state index contributed by atoms with van der Waals surface area (Å²) >= 11 is 0. The Morgan fingerprint density at radius 2 is 1.70 bits per heavy atom. The zero-order chi connectivity index (χ0) is 20.0. The summed E-state index contributed by atoms with van der Waals surface area (Å²) < 4.78 is 32.4. The molecule has 2 aromatic rings. The summed E-state index contributed by atoms with van der Waals surface area (Å²) in [6, 6.07) is 10.4. The normalized spacial score (nSPS) is 11.3. The number of sulfonamides is 1. The molecule has 146 valence electrons. The molecule has 0 aliphatic carbocycles. The summed E-state index contributed by atoms with van der Waals surface area (Å²) in [4.78, 5) is 12.4. The fourth-order valence-electron chi connectivity index (χ4n) is 2.60. The highest BCUT2D eigenvalue weighted by molar-refractivity contribution is 7.89. The zero-order valence-corrected chi connectivity index (χ0v) is 16.9. The number of carbonyl (C=O) groups is 1. The van der Waals surface area contributed by atoms with Crippen LogP contribution in [0.2, 0.25) is 0 Å². The molecule has 27 heavy (non-hydrogen) atoms. The van der Waals surface area contributed by atoms with E-state index in [1.807, 2.05) is 39.0 Å². The van der Waals surface area contributed by atoms with Crippen molar-refractivity contribution in [2.24, 2.45) is 0 Å². The van der Waals surface area contributed by atoms with E-state index in [2.05, 4.69) is 10.0 Å². The molecule has 0 radical (unpaired) electrons. The number of carbonyl (C=O) groups excluding carboxylic acids is 1. The maximum absolute atomic E-state index is 12.2. The Balaban J connectivity index is 2.03. The van der Waals surface area contributed by atoms with Crippen LogP contribution < -0.4 is 14.8 Å². The molecule has 0 fully saturated rings. The predicted molar refractivity (Wildman–Crippen MR) is 107 cm³/mol. The number of ether oxygens (including phenoxy) is 1. The number of benzene rings is 2. The number of aryl methyl sites for hydroxylation is 3. The summed E-state index contributed by atoms with van der Waals surface area (Å²) in [5, 5.41) is 2.86. The summed E-state index contributed by atoms with van der Waals surface area (Å²) in [7, 11) is -3.53. The lowest BCUT2D eigenvalue weighted by Crippen LogP contribution is -2.24. The van der Waals surface area contributed by atoms with Crippen molar-refractivity contribution >= 4 is 21.6 Å². The van der Waals surface area contributed by atoms with Gasteiger partial charge in [-0.15, -0.1) is 0 Å². The fraction of sp³-hybridized carbons (Fsp3) is 0.350. The third kappa shape index (κ3) is 5.55. The number of nitrogens with one attached hydrogen (secondary N) is 2. The van der Waals surface area contributed by atoms with Gasteiger partial charge < -0.3 is 10.1 Å². The van der Waals surface area contributed by atoms with Gasteiger partial charge in [-0.05, 0) is 62.1 Å². The van der Waals surface area contributed by atoms with Gasteiger partial charge in [-0.1, -0.05) is 25.1 Å². The molecule has 0 aliphatic heterocycles. The van der Waals surface area contributed by atoms with E-state index in [1.54, 1.807) is 13.0 Å². The van der Waals surface area contributed by atoms with Gasteiger partial charge in [0.2, 0.25) is 10.0 Å². The molecule has 0 aromatic heterocycles. The molecule has 0 unspecified atom stereocenters. The lowest BCUT2D eigenvalue weighted by molar-refractivity contribution is -0.118. The van der Waals surface area contributed by atoms with Gasteiger partial charge in [-0.3, -0.25) is 4.79 Å². The van der Waals surface area contributed by atoms with E-state index in [4.69, 9.17) is 4.74 Å². The van der Waals surface area contributed by atoms with Gasteiger partial charge in [-0.2, -0.15) is 0 Å². The molecule has 0 heterocycles. The Hall–Kier alpha value is -2.38. The maximum atomic E-state index is 12.2. The topological polar surface area (TPSA) is 84.5 Å². The highest BCUT2D eigenvalue weighted by Gasteiger charge is 2.15. The molecule has 2 N–H and O–H groups in total. The first-order valence-corrected chi connectivity index (χ1v) is 10.3. The first-order valence-electron chi connectivity index (χ1n) is 8.83. The number of anilines is 1. The molecule has 2 aromatic carbocycles. The van der Waals surface area contributed by atoms with Crippen LogP contribution in [0.4, 0.5) is 5.69 Å². The van der Waals surface area contributed by atoms with Crippen LogP contribution in [0, 0.1) is 20.8 Å². The van der Waals surface area contributed by atoms with Gasteiger partial charge in [0.25, 0.3) is 5.91 Å². The fourth-order valence-corrected chi connectivity index (χ4v) is 3.82. The molecular formula is C20H26N2O4S. The van der Waals surface area contributed by atoms with E-state index in [0.717, 1.165) is 23.2 Å². The number of hydrogen-bond donors (Lipinski definition) is 2. The third-order valence-electron chi connectivity index (χ3n) is 4.10. The van der Waals surface area contributed by atoms with Crippen LogP contribution >= 0.6 is 0 Å². The number of para-hydroxylation sites is 1. The molecule has 2 rings (SSSR count). The summed E-state index contributed by atoms with van der Waals surface area (Å²) in [5.74, 6) is 0.203. The molecule has 6 nitrogen and oxygen atoms in total. The number of rotatable bonds is 8. The standard InChI is InChI=1S/C20H26N2O4S/c1-5-11-21-27(24,25)17-9-10-18(16(4)12-17)26-13-19(23)22-20-14(2)7-6-8-15(20)3/h6-10,12,21H,5,11,13H2,1-4H3,(H,22,23). The predicted octanol–water partition coefficient (Wildman–Crippen LogP) is 3.32. The minimum atomic E-state index is -3.53. The van der Waals surface area contributed by atoms with Gasteiger partial charge in [-0.25, -0.2) is 13.1 Å². The van der Waals surface area contributed by atoms with E-state index in [-0.39, 0.29) is 17.4 Å². The number of hydrogen-bond acceptors (Lipinski definition) is 4. The largest absolute Gasteiger partial charge is 0.483 e. The Bertz CT molecular complexity index is 903.